The molecule has 0 saturated heterocycles. The van der Waals surface area contributed by atoms with Crippen molar-refractivity contribution >= 4 is 28.1 Å². The lowest BCUT2D eigenvalue weighted by Crippen LogP contribution is -2.28. The highest BCUT2D eigenvalue weighted by atomic mass is 32.1. The molecule has 2 aromatic rings. The molecule has 1 aromatic heterocycles. The highest BCUT2D eigenvalue weighted by molar-refractivity contribution is 7.80. The third kappa shape index (κ3) is 2.36. The predicted octanol–water partition coefficient (Wildman–Crippen LogP) is 1.92. The van der Waals surface area contributed by atoms with Gasteiger partial charge in [0, 0.05) is 18.5 Å². The van der Waals surface area contributed by atoms with E-state index in [1.807, 2.05) is 37.3 Å². The average molecular weight is 246 g/mol. The minimum Gasteiger partial charge on any atom is -0.393 e. The second kappa shape index (κ2) is 4.67. The molecule has 0 aliphatic rings. The van der Waals surface area contributed by atoms with E-state index in [-0.39, 0.29) is 11.5 Å². The molecule has 1 heterocycles. The van der Waals surface area contributed by atoms with Crippen LogP contribution in [0.1, 0.15) is 6.92 Å². The minimum absolute atomic E-state index is 0.00788. The number of aromatic nitrogens is 1. The van der Waals surface area contributed by atoms with Crippen molar-refractivity contribution < 1.29 is 0 Å². The molecule has 0 amide bonds. The Balaban J connectivity index is 2.55. The lowest BCUT2D eigenvalue weighted by Gasteiger charge is -2.14. The maximum Gasteiger partial charge on any atom is 0.251 e. The van der Waals surface area contributed by atoms with Gasteiger partial charge in [-0.1, -0.05) is 37.3 Å². The van der Waals surface area contributed by atoms with E-state index in [0.717, 1.165) is 10.9 Å². The molecule has 17 heavy (non-hydrogen) atoms. The third-order valence-corrected chi connectivity index (χ3v) is 3.24. The summed E-state index contributed by atoms with van der Waals surface area (Å²) in [7, 11) is 0. The fraction of sp³-hybridized carbons (Fsp3) is 0.231. The minimum atomic E-state index is -0.0215. The quantitative estimate of drug-likeness (QED) is 0.842. The van der Waals surface area contributed by atoms with Gasteiger partial charge in [-0.3, -0.25) is 4.79 Å². The average Bonchev–Trinajstić information content (AvgIpc) is 2.32. The van der Waals surface area contributed by atoms with Crippen LogP contribution < -0.4 is 11.3 Å². The Morgan fingerprint density at radius 3 is 2.76 bits per heavy atom. The van der Waals surface area contributed by atoms with E-state index in [9.17, 15) is 4.79 Å². The van der Waals surface area contributed by atoms with Gasteiger partial charge in [0.15, 0.2) is 0 Å². The van der Waals surface area contributed by atoms with Gasteiger partial charge in [0.1, 0.15) is 0 Å². The Labute approximate surface area is 105 Å². The predicted molar refractivity (Wildman–Crippen MR) is 74.2 cm³/mol. The first-order chi connectivity index (χ1) is 8.09. The number of nitrogens with two attached hydrogens (primary N) is 1. The molecule has 0 saturated carbocycles. The van der Waals surface area contributed by atoms with Gasteiger partial charge in [0.25, 0.3) is 5.56 Å². The van der Waals surface area contributed by atoms with Crippen LogP contribution in [0.25, 0.3) is 10.9 Å². The summed E-state index contributed by atoms with van der Waals surface area (Å²) in [4.78, 5) is 12.3. The Kier molecular flexibility index (Phi) is 3.24. The van der Waals surface area contributed by atoms with E-state index in [4.69, 9.17) is 18.0 Å². The zero-order valence-electron chi connectivity index (χ0n) is 9.59. The number of para-hydroxylation sites is 1. The van der Waals surface area contributed by atoms with E-state index in [0.29, 0.717) is 11.5 Å². The summed E-state index contributed by atoms with van der Waals surface area (Å²) in [6.07, 6.45) is 0. The Bertz CT molecular complexity index is 618. The Hall–Kier alpha value is -1.68. The summed E-state index contributed by atoms with van der Waals surface area (Å²) in [5.41, 5.74) is 6.49. The summed E-state index contributed by atoms with van der Waals surface area (Å²) in [5.74, 6) is 0.00788. The van der Waals surface area contributed by atoms with Crippen LogP contribution in [0.5, 0.6) is 0 Å². The van der Waals surface area contributed by atoms with Crippen LogP contribution in [0, 0.1) is 5.92 Å². The highest BCUT2D eigenvalue weighted by Crippen LogP contribution is 2.12. The first-order valence-corrected chi connectivity index (χ1v) is 5.88. The maximum absolute atomic E-state index is 11.9. The lowest BCUT2D eigenvalue weighted by atomic mass is 10.1. The van der Waals surface area contributed by atoms with Crippen molar-refractivity contribution in [2.45, 2.75) is 13.5 Å². The van der Waals surface area contributed by atoms with Crippen molar-refractivity contribution in [2.75, 3.05) is 0 Å². The van der Waals surface area contributed by atoms with Gasteiger partial charge in [0.2, 0.25) is 0 Å². The summed E-state index contributed by atoms with van der Waals surface area (Å²) >= 11 is 4.95. The normalized spacial score (nSPS) is 12.5. The first-order valence-electron chi connectivity index (χ1n) is 5.47. The molecule has 0 aliphatic carbocycles. The van der Waals surface area contributed by atoms with Crippen molar-refractivity contribution in [1.82, 2.24) is 4.57 Å². The SMILES string of the molecule is CC(Cn1c(=O)ccc2ccccc21)C(N)=S. The lowest BCUT2D eigenvalue weighted by molar-refractivity contribution is 0.599. The summed E-state index contributed by atoms with van der Waals surface area (Å²) in [6, 6.07) is 11.2. The van der Waals surface area contributed by atoms with Gasteiger partial charge >= 0.3 is 0 Å². The molecule has 2 rings (SSSR count). The fourth-order valence-corrected chi connectivity index (χ4v) is 1.87. The summed E-state index contributed by atoms with van der Waals surface area (Å²) in [5, 5.41) is 1.04. The van der Waals surface area contributed by atoms with Crippen LogP contribution in [0.4, 0.5) is 0 Å². The van der Waals surface area contributed by atoms with Crippen molar-refractivity contribution in [1.29, 1.82) is 0 Å². The molecule has 3 nitrogen and oxygen atoms in total. The van der Waals surface area contributed by atoms with Crippen LogP contribution in [0.15, 0.2) is 41.2 Å². The Morgan fingerprint density at radius 2 is 2.06 bits per heavy atom. The number of rotatable bonds is 3. The molecule has 1 aromatic carbocycles. The van der Waals surface area contributed by atoms with Crippen molar-refractivity contribution in [2.24, 2.45) is 11.7 Å². The molecule has 0 radical (unpaired) electrons. The van der Waals surface area contributed by atoms with Crippen LogP contribution >= 0.6 is 12.2 Å². The number of hydrogen-bond donors (Lipinski definition) is 1. The summed E-state index contributed by atoms with van der Waals surface area (Å²) < 4.78 is 1.72. The van der Waals surface area contributed by atoms with E-state index in [1.54, 1.807) is 10.6 Å². The number of nitrogens with zero attached hydrogens (tertiary/aromatic N) is 1. The largest absolute Gasteiger partial charge is 0.393 e. The van der Waals surface area contributed by atoms with Gasteiger partial charge in [-0.2, -0.15) is 0 Å². The number of thiocarbonyl (C=S) groups is 1. The Morgan fingerprint density at radius 1 is 1.35 bits per heavy atom. The van der Waals surface area contributed by atoms with Gasteiger partial charge in [0.05, 0.1) is 10.5 Å². The van der Waals surface area contributed by atoms with Gasteiger partial charge in [-0.25, -0.2) is 0 Å². The first kappa shape index (κ1) is 11.8. The van der Waals surface area contributed by atoms with E-state index in [2.05, 4.69) is 0 Å². The van der Waals surface area contributed by atoms with E-state index < -0.39 is 0 Å². The van der Waals surface area contributed by atoms with Crippen molar-refractivity contribution in [3.05, 3.63) is 46.8 Å². The summed E-state index contributed by atoms with van der Waals surface area (Å²) in [6.45, 7) is 2.45. The fourth-order valence-electron chi connectivity index (χ4n) is 1.80. The number of pyridine rings is 1. The molecule has 1 atom stereocenters. The molecule has 0 fully saturated rings. The van der Waals surface area contributed by atoms with Crippen molar-refractivity contribution in [3.63, 3.8) is 0 Å². The van der Waals surface area contributed by atoms with Gasteiger partial charge in [-0.05, 0) is 17.5 Å². The monoisotopic (exact) mass is 246 g/mol. The second-order valence-electron chi connectivity index (χ2n) is 4.14. The molecule has 88 valence electrons. The molecule has 0 spiro atoms. The highest BCUT2D eigenvalue weighted by Gasteiger charge is 2.09. The van der Waals surface area contributed by atoms with Crippen LogP contribution in [-0.2, 0) is 6.54 Å². The smallest absolute Gasteiger partial charge is 0.251 e. The van der Waals surface area contributed by atoms with Gasteiger partial charge in [-0.15, -0.1) is 0 Å². The standard InChI is InChI=1S/C13H14N2OS/c1-9(13(14)17)8-15-11-5-3-2-4-10(11)6-7-12(15)16/h2-7,9H,8H2,1H3,(H2,14,17). The van der Waals surface area contributed by atoms with E-state index >= 15 is 0 Å². The van der Waals surface area contributed by atoms with Crippen LogP contribution in [-0.4, -0.2) is 9.56 Å². The molecule has 0 aliphatic heterocycles. The molecule has 2 N–H and O–H groups in total. The number of fused-ring (bicyclic) bond motifs is 1. The van der Waals surface area contributed by atoms with Crippen LogP contribution in [0.2, 0.25) is 0 Å². The zero-order chi connectivity index (χ0) is 12.4. The van der Waals surface area contributed by atoms with Crippen molar-refractivity contribution in [3.8, 4) is 0 Å². The topological polar surface area (TPSA) is 48.0 Å². The second-order valence-corrected chi connectivity index (χ2v) is 4.62. The molecule has 0 bridgehead atoms. The van der Waals surface area contributed by atoms with Crippen LogP contribution in [0.3, 0.4) is 0 Å². The molecule has 1 unspecified atom stereocenters. The third-order valence-electron chi connectivity index (χ3n) is 2.84. The zero-order valence-corrected chi connectivity index (χ0v) is 10.4. The van der Waals surface area contributed by atoms with E-state index in [1.165, 1.54) is 0 Å². The van der Waals surface area contributed by atoms with Gasteiger partial charge < -0.3 is 10.3 Å². The molecule has 4 heteroatoms. The maximum atomic E-state index is 11.9. The number of hydrogen-bond acceptors (Lipinski definition) is 2. The number of benzene rings is 1. The molecular weight excluding hydrogens is 232 g/mol. The molecular formula is C13H14N2OS.